The summed E-state index contributed by atoms with van der Waals surface area (Å²) >= 11 is 3.61. The van der Waals surface area contributed by atoms with Gasteiger partial charge >= 0.3 is 0 Å². The standard InChI is InChI=1S/C28H34BrN7O/c1-19-2-5-24-21(14-19)3-4-22-16-23(29)17-32-26(22)27(24)35-12-10-34(11-13-35)25(37)15-20-6-8-36(9-7-20)28(31)33-18-30/h2,5,14,16-17,20,27H,3-4,6-13,15H2,1H3,(H2,31,33). The molecule has 1 amide bonds. The Labute approximate surface area is 227 Å². The molecule has 2 N–H and O–H groups in total. The fourth-order valence-electron chi connectivity index (χ4n) is 6.04. The van der Waals surface area contributed by atoms with Crippen molar-refractivity contribution >= 4 is 27.8 Å². The highest BCUT2D eigenvalue weighted by atomic mass is 79.9. The Morgan fingerprint density at radius 3 is 2.57 bits per heavy atom. The number of piperidine rings is 1. The smallest absolute Gasteiger partial charge is 0.222 e. The number of aliphatic imine (C=N–C) groups is 1. The zero-order valence-corrected chi connectivity index (χ0v) is 23.0. The maximum atomic E-state index is 13.2. The number of piperazine rings is 1. The Balaban J connectivity index is 1.24. The molecule has 2 aliphatic heterocycles. The number of nitrogens with zero attached hydrogens (tertiary/aromatic N) is 6. The van der Waals surface area contributed by atoms with Gasteiger partial charge in [0.1, 0.15) is 0 Å². The summed E-state index contributed by atoms with van der Waals surface area (Å²) in [6.45, 7) is 6.79. The van der Waals surface area contributed by atoms with Crippen LogP contribution in [0.15, 0.2) is 39.9 Å². The molecule has 1 unspecified atom stereocenters. The third kappa shape index (κ3) is 5.65. The molecule has 37 heavy (non-hydrogen) atoms. The van der Waals surface area contributed by atoms with E-state index in [2.05, 4.69) is 57.0 Å². The number of aromatic nitrogens is 1. The molecule has 5 rings (SSSR count). The van der Waals surface area contributed by atoms with Crippen LogP contribution in [-0.4, -0.2) is 70.8 Å². The first-order valence-electron chi connectivity index (χ1n) is 13.2. The van der Waals surface area contributed by atoms with Gasteiger partial charge in [0.2, 0.25) is 18.1 Å². The van der Waals surface area contributed by atoms with E-state index in [9.17, 15) is 4.79 Å². The van der Waals surface area contributed by atoms with E-state index in [4.69, 9.17) is 16.0 Å². The Morgan fingerprint density at radius 1 is 1.11 bits per heavy atom. The van der Waals surface area contributed by atoms with Gasteiger partial charge in [-0.05, 0) is 77.2 Å². The van der Waals surface area contributed by atoms with Gasteiger partial charge in [-0.1, -0.05) is 23.8 Å². The Bertz CT molecular complexity index is 1170. The number of carbonyl (C=O) groups excluding carboxylic acids is 1. The first-order valence-corrected chi connectivity index (χ1v) is 13.9. The maximum Gasteiger partial charge on any atom is 0.222 e. The molecule has 194 valence electrons. The Hall–Kier alpha value is -2.96. The van der Waals surface area contributed by atoms with Crippen LogP contribution < -0.4 is 5.73 Å². The lowest BCUT2D eigenvalue weighted by Gasteiger charge is -2.40. The summed E-state index contributed by atoms with van der Waals surface area (Å²) in [6.07, 6.45) is 8.03. The number of guanidine groups is 1. The van der Waals surface area contributed by atoms with Crippen molar-refractivity contribution in [1.82, 2.24) is 19.7 Å². The van der Waals surface area contributed by atoms with Crippen LogP contribution in [0.5, 0.6) is 0 Å². The number of hydrogen-bond acceptors (Lipinski definition) is 5. The van der Waals surface area contributed by atoms with Crippen LogP contribution in [0.1, 0.15) is 53.3 Å². The number of nitrogens with two attached hydrogens (primary N) is 1. The number of pyridine rings is 1. The second kappa shape index (κ2) is 11.2. The van der Waals surface area contributed by atoms with Crippen molar-refractivity contribution in [3.63, 3.8) is 0 Å². The molecule has 8 nitrogen and oxygen atoms in total. The lowest BCUT2D eigenvalue weighted by Crippen LogP contribution is -2.50. The van der Waals surface area contributed by atoms with E-state index < -0.39 is 0 Å². The topological polar surface area (TPSA) is 102 Å². The highest BCUT2D eigenvalue weighted by molar-refractivity contribution is 9.10. The van der Waals surface area contributed by atoms with Crippen molar-refractivity contribution in [2.45, 2.75) is 45.1 Å². The van der Waals surface area contributed by atoms with E-state index in [1.807, 2.05) is 16.0 Å². The summed E-state index contributed by atoms with van der Waals surface area (Å²) in [7, 11) is 0. The lowest BCUT2D eigenvalue weighted by atomic mass is 9.92. The number of likely N-dealkylation sites (tertiary alicyclic amines) is 1. The minimum atomic E-state index is 0.114. The molecule has 0 saturated carbocycles. The highest BCUT2D eigenvalue weighted by Gasteiger charge is 2.34. The molecular weight excluding hydrogens is 530 g/mol. The number of rotatable bonds is 3. The molecule has 2 fully saturated rings. The van der Waals surface area contributed by atoms with Crippen molar-refractivity contribution in [3.8, 4) is 6.19 Å². The molecule has 1 aromatic carbocycles. The second-order valence-corrected chi connectivity index (χ2v) is 11.3. The number of halogens is 1. The van der Waals surface area contributed by atoms with Gasteiger partial charge < -0.3 is 15.5 Å². The molecule has 2 aromatic rings. The average Bonchev–Trinajstić information content (AvgIpc) is 3.05. The number of aryl methyl sites for hydroxylation is 3. The highest BCUT2D eigenvalue weighted by Crippen LogP contribution is 2.37. The Kier molecular flexibility index (Phi) is 7.77. The van der Waals surface area contributed by atoms with E-state index in [1.54, 1.807) is 6.19 Å². The summed E-state index contributed by atoms with van der Waals surface area (Å²) in [5.74, 6) is 0.876. The molecule has 9 heteroatoms. The van der Waals surface area contributed by atoms with Crippen molar-refractivity contribution in [1.29, 1.82) is 5.26 Å². The summed E-state index contributed by atoms with van der Waals surface area (Å²) in [5, 5.41) is 8.71. The largest absolute Gasteiger partial charge is 0.369 e. The summed E-state index contributed by atoms with van der Waals surface area (Å²) < 4.78 is 1.02. The summed E-state index contributed by atoms with van der Waals surface area (Å²) in [6, 6.07) is 9.16. The molecule has 1 atom stereocenters. The van der Waals surface area contributed by atoms with E-state index in [0.29, 0.717) is 12.3 Å². The van der Waals surface area contributed by atoms with Gasteiger partial charge in [-0.3, -0.25) is 14.7 Å². The zero-order chi connectivity index (χ0) is 25.9. The second-order valence-electron chi connectivity index (χ2n) is 10.4. The van der Waals surface area contributed by atoms with Gasteiger partial charge in [-0.25, -0.2) is 0 Å². The third-order valence-electron chi connectivity index (χ3n) is 8.08. The van der Waals surface area contributed by atoms with Crippen LogP contribution in [-0.2, 0) is 17.6 Å². The van der Waals surface area contributed by atoms with E-state index in [-0.39, 0.29) is 17.9 Å². The van der Waals surface area contributed by atoms with Crippen molar-refractivity contribution in [3.05, 3.63) is 62.9 Å². The lowest BCUT2D eigenvalue weighted by molar-refractivity contribution is -0.134. The van der Waals surface area contributed by atoms with Crippen LogP contribution in [0.3, 0.4) is 0 Å². The quantitative estimate of drug-likeness (QED) is 0.349. The van der Waals surface area contributed by atoms with Crippen LogP contribution in [0, 0.1) is 24.3 Å². The number of hydrogen-bond donors (Lipinski definition) is 1. The predicted molar refractivity (Wildman–Crippen MR) is 147 cm³/mol. The molecule has 0 bridgehead atoms. The Morgan fingerprint density at radius 2 is 1.84 bits per heavy atom. The maximum absolute atomic E-state index is 13.2. The van der Waals surface area contributed by atoms with Gasteiger partial charge in [0, 0.05) is 56.4 Å². The molecule has 3 aliphatic rings. The summed E-state index contributed by atoms with van der Waals surface area (Å²) in [5.41, 5.74) is 12.4. The molecule has 1 aromatic heterocycles. The van der Waals surface area contributed by atoms with Crippen LogP contribution in [0.4, 0.5) is 0 Å². The van der Waals surface area contributed by atoms with Crippen LogP contribution >= 0.6 is 15.9 Å². The van der Waals surface area contributed by atoms with Crippen LogP contribution in [0.2, 0.25) is 0 Å². The van der Waals surface area contributed by atoms with Gasteiger partial charge in [0.05, 0.1) is 11.7 Å². The van der Waals surface area contributed by atoms with Crippen LogP contribution in [0.25, 0.3) is 0 Å². The molecule has 0 spiro atoms. The monoisotopic (exact) mass is 563 g/mol. The van der Waals surface area contributed by atoms with Crippen molar-refractivity contribution in [2.24, 2.45) is 16.6 Å². The number of fused-ring (bicyclic) bond motifs is 2. The number of amides is 1. The predicted octanol–water partition coefficient (Wildman–Crippen LogP) is 3.38. The van der Waals surface area contributed by atoms with Gasteiger partial charge in [-0.15, -0.1) is 4.99 Å². The van der Waals surface area contributed by atoms with Gasteiger partial charge in [0.15, 0.2) is 0 Å². The number of benzene rings is 1. The SMILES string of the molecule is Cc1ccc2c(c1)CCc1cc(Br)cnc1C2N1CCN(C(=O)CC2CCN(C(N)=NC#N)CC2)CC1. The van der Waals surface area contributed by atoms with Crippen molar-refractivity contribution in [2.75, 3.05) is 39.3 Å². The molecule has 2 saturated heterocycles. The average molecular weight is 565 g/mol. The minimum absolute atomic E-state index is 0.114. The van der Waals surface area contributed by atoms with Gasteiger partial charge in [-0.2, -0.15) is 5.26 Å². The van der Waals surface area contributed by atoms with Gasteiger partial charge in [0.25, 0.3) is 0 Å². The number of nitriles is 1. The fourth-order valence-corrected chi connectivity index (χ4v) is 6.41. The van der Waals surface area contributed by atoms with E-state index in [1.165, 1.54) is 22.3 Å². The molecule has 3 heterocycles. The van der Waals surface area contributed by atoms with E-state index in [0.717, 1.165) is 75.1 Å². The molecule has 1 aliphatic carbocycles. The third-order valence-corrected chi connectivity index (χ3v) is 8.52. The summed E-state index contributed by atoms with van der Waals surface area (Å²) in [4.78, 5) is 28.2. The first-order chi connectivity index (χ1) is 17.9. The minimum Gasteiger partial charge on any atom is -0.369 e. The van der Waals surface area contributed by atoms with E-state index >= 15 is 0 Å². The first kappa shape index (κ1) is 25.7. The van der Waals surface area contributed by atoms with Crippen molar-refractivity contribution < 1.29 is 4.79 Å². The molecule has 0 radical (unpaired) electrons. The molecular formula is C28H34BrN7O. The fraction of sp³-hybridized carbons (Fsp3) is 0.500. The number of carbonyl (C=O) groups is 1. The zero-order valence-electron chi connectivity index (χ0n) is 21.4. The normalized spacial score (nSPS) is 21.1.